The quantitative estimate of drug-likeness (QED) is 0.527. The van der Waals surface area contributed by atoms with Crippen LogP contribution in [0.2, 0.25) is 5.02 Å². The second-order valence-corrected chi connectivity index (χ2v) is 6.78. The summed E-state index contributed by atoms with van der Waals surface area (Å²) in [5.41, 5.74) is -0.588. The van der Waals surface area contributed by atoms with Gasteiger partial charge in [0.25, 0.3) is 0 Å². The summed E-state index contributed by atoms with van der Waals surface area (Å²) >= 11 is 8.97. The van der Waals surface area contributed by atoms with Gasteiger partial charge in [0.2, 0.25) is 5.88 Å². The lowest BCUT2D eigenvalue weighted by atomic mass is 10.1. The van der Waals surface area contributed by atoms with E-state index in [-0.39, 0.29) is 38.8 Å². The molecule has 1 unspecified atom stereocenters. The van der Waals surface area contributed by atoms with Gasteiger partial charge in [-0.2, -0.15) is 13.9 Å². The fraction of sp³-hybridized carbons (Fsp3) is 0.353. The van der Waals surface area contributed by atoms with Gasteiger partial charge in [-0.1, -0.05) is 11.6 Å². The molecule has 0 bridgehead atoms. The number of hydrogen-bond donors (Lipinski definition) is 0. The van der Waals surface area contributed by atoms with E-state index < -0.39 is 30.5 Å². The molecule has 12 heteroatoms. The lowest BCUT2D eigenvalue weighted by molar-refractivity contribution is -0.152. The average Bonchev–Trinajstić information content (AvgIpc) is 2.89. The molecule has 1 aromatic carbocycles. The van der Waals surface area contributed by atoms with E-state index >= 15 is 0 Å². The van der Waals surface area contributed by atoms with Crippen LogP contribution in [-0.2, 0) is 21.3 Å². The zero-order valence-electron chi connectivity index (χ0n) is 15.3. The third-order valence-corrected chi connectivity index (χ3v) is 4.60. The maximum Gasteiger partial charge on any atom is 0.388 e. The van der Waals surface area contributed by atoms with Gasteiger partial charge < -0.3 is 14.2 Å². The molecule has 0 aliphatic heterocycles. The number of nitrogens with zero attached hydrogens (tertiary/aromatic N) is 2. The minimum absolute atomic E-state index is 0.0549. The van der Waals surface area contributed by atoms with Crippen LogP contribution in [0, 0.1) is 5.82 Å². The lowest BCUT2D eigenvalue weighted by Gasteiger charge is -2.13. The van der Waals surface area contributed by atoms with Gasteiger partial charge in [-0.15, -0.1) is 0 Å². The first-order chi connectivity index (χ1) is 13.6. The number of ether oxygens (including phenoxy) is 3. The fourth-order valence-corrected chi connectivity index (χ4v) is 3.16. The molecule has 2 rings (SSSR count). The highest BCUT2D eigenvalue weighted by atomic mass is 79.9. The van der Waals surface area contributed by atoms with Crippen molar-refractivity contribution in [3.8, 4) is 17.1 Å². The Morgan fingerprint density at radius 2 is 2.00 bits per heavy atom. The van der Waals surface area contributed by atoms with E-state index in [4.69, 9.17) is 21.1 Å². The topological polar surface area (TPSA) is 79.7 Å². The summed E-state index contributed by atoms with van der Waals surface area (Å²) < 4.78 is 54.6. The van der Waals surface area contributed by atoms with Crippen molar-refractivity contribution in [2.24, 2.45) is 7.05 Å². The van der Waals surface area contributed by atoms with Gasteiger partial charge in [0.05, 0.1) is 17.2 Å². The summed E-state index contributed by atoms with van der Waals surface area (Å²) in [7, 11) is 1.32. The van der Waals surface area contributed by atoms with Crippen LogP contribution in [0.5, 0.6) is 5.88 Å². The van der Waals surface area contributed by atoms with E-state index in [0.717, 1.165) is 16.8 Å². The molecule has 0 fully saturated rings. The van der Waals surface area contributed by atoms with Gasteiger partial charge in [0.15, 0.2) is 6.10 Å². The number of hydrogen-bond acceptors (Lipinski definition) is 6. The molecule has 0 aliphatic carbocycles. The minimum Gasteiger partial charge on any atom is -0.463 e. The van der Waals surface area contributed by atoms with Gasteiger partial charge in [-0.05, 0) is 41.9 Å². The average molecular weight is 500 g/mol. The first kappa shape index (κ1) is 23.0. The van der Waals surface area contributed by atoms with Crippen LogP contribution < -0.4 is 4.74 Å². The molecule has 1 atom stereocenters. The lowest BCUT2D eigenvalue weighted by Crippen LogP contribution is -2.26. The Hall–Kier alpha value is -2.27. The maximum atomic E-state index is 14.5. The van der Waals surface area contributed by atoms with E-state index in [9.17, 15) is 22.8 Å². The highest BCUT2D eigenvalue weighted by Crippen LogP contribution is 2.38. The number of alkyl halides is 2. The zero-order valence-corrected chi connectivity index (χ0v) is 17.7. The van der Waals surface area contributed by atoms with E-state index in [0.29, 0.717) is 0 Å². The standard InChI is InChI=1S/C17H15BrClF3N2O5/c1-4-27-15(25)7(2)28-16(26)8-5-9(11(20)6-10(8)19)13-12(18)14(24(3)23-13)29-17(21)22/h5-7,17H,4H2,1-3H3. The van der Waals surface area contributed by atoms with Crippen molar-refractivity contribution < 1.29 is 37.0 Å². The fourth-order valence-electron chi connectivity index (χ4n) is 2.29. The molecule has 0 saturated heterocycles. The monoisotopic (exact) mass is 498 g/mol. The van der Waals surface area contributed by atoms with Crippen molar-refractivity contribution in [3.63, 3.8) is 0 Å². The SMILES string of the molecule is CCOC(=O)C(C)OC(=O)c1cc(-c2nn(C)c(OC(F)F)c2Br)c(F)cc1Cl. The number of rotatable bonds is 7. The molecule has 2 aromatic rings. The van der Waals surface area contributed by atoms with Crippen LogP contribution >= 0.6 is 27.5 Å². The van der Waals surface area contributed by atoms with Gasteiger partial charge in [0.1, 0.15) is 16.0 Å². The number of halogens is 5. The van der Waals surface area contributed by atoms with Crippen molar-refractivity contribution in [3.05, 3.63) is 33.0 Å². The van der Waals surface area contributed by atoms with Crippen LogP contribution in [-0.4, -0.2) is 41.0 Å². The minimum atomic E-state index is -3.13. The van der Waals surface area contributed by atoms with Gasteiger partial charge in [-0.25, -0.2) is 18.7 Å². The number of benzene rings is 1. The molecule has 1 heterocycles. The summed E-state index contributed by atoms with van der Waals surface area (Å²) in [6.07, 6.45) is -1.22. The number of esters is 2. The highest BCUT2D eigenvalue weighted by Gasteiger charge is 2.26. The third-order valence-electron chi connectivity index (χ3n) is 3.57. The molecule has 0 saturated carbocycles. The van der Waals surface area contributed by atoms with E-state index in [1.807, 2.05) is 0 Å². The Balaban J connectivity index is 2.42. The molecule has 0 N–H and O–H groups in total. The second kappa shape index (κ2) is 9.49. The number of carbonyl (C=O) groups excluding carboxylic acids is 2. The molecular formula is C17H15BrClF3N2O5. The maximum absolute atomic E-state index is 14.5. The number of carbonyl (C=O) groups is 2. The molecule has 0 radical (unpaired) electrons. The molecule has 29 heavy (non-hydrogen) atoms. The van der Waals surface area contributed by atoms with Gasteiger partial charge in [0, 0.05) is 12.6 Å². The predicted octanol–water partition coefficient (Wildman–Crippen LogP) is 4.35. The Morgan fingerprint density at radius 1 is 1.34 bits per heavy atom. The first-order valence-electron chi connectivity index (χ1n) is 8.11. The molecule has 1 aromatic heterocycles. The molecule has 0 aliphatic rings. The molecule has 0 spiro atoms. The number of aryl methyl sites for hydroxylation is 1. The van der Waals surface area contributed by atoms with Crippen LogP contribution in [0.4, 0.5) is 13.2 Å². The number of aromatic nitrogens is 2. The first-order valence-corrected chi connectivity index (χ1v) is 9.28. The van der Waals surface area contributed by atoms with Crippen molar-refractivity contribution >= 4 is 39.5 Å². The second-order valence-electron chi connectivity index (χ2n) is 5.58. The Bertz CT molecular complexity index is 938. The Morgan fingerprint density at radius 3 is 2.59 bits per heavy atom. The van der Waals surface area contributed by atoms with Crippen LogP contribution in [0.1, 0.15) is 24.2 Å². The molecule has 7 nitrogen and oxygen atoms in total. The van der Waals surface area contributed by atoms with Gasteiger partial charge in [-0.3, -0.25) is 0 Å². The molecule has 158 valence electrons. The Kier molecular flexibility index (Phi) is 7.53. The normalized spacial score (nSPS) is 12.0. The van der Waals surface area contributed by atoms with E-state index in [1.54, 1.807) is 6.92 Å². The molecular weight excluding hydrogens is 485 g/mol. The van der Waals surface area contributed by atoms with Crippen LogP contribution in [0.3, 0.4) is 0 Å². The van der Waals surface area contributed by atoms with Crippen LogP contribution in [0.15, 0.2) is 16.6 Å². The van der Waals surface area contributed by atoms with Crippen molar-refractivity contribution in [1.29, 1.82) is 0 Å². The predicted molar refractivity (Wildman–Crippen MR) is 99.5 cm³/mol. The highest BCUT2D eigenvalue weighted by molar-refractivity contribution is 9.10. The van der Waals surface area contributed by atoms with E-state index in [2.05, 4.69) is 25.8 Å². The van der Waals surface area contributed by atoms with Crippen molar-refractivity contribution in [2.45, 2.75) is 26.6 Å². The summed E-state index contributed by atoms with van der Waals surface area (Å²) in [4.78, 5) is 24.0. The summed E-state index contributed by atoms with van der Waals surface area (Å²) in [5, 5.41) is 3.67. The van der Waals surface area contributed by atoms with Crippen molar-refractivity contribution in [2.75, 3.05) is 6.61 Å². The van der Waals surface area contributed by atoms with Gasteiger partial charge >= 0.3 is 18.6 Å². The van der Waals surface area contributed by atoms with E-state index in [1.165, 1.54) is 14.0 Å². The Labute approximate surface area is 176 Å². The zero-order chi connectivity index (χ0) is 21.9. The largest absolute Gasteiger partial charge is 0.463 e. The van der Waals surface area contributed by atoms with Crippen molar-refractivity contribution in [1.82, 2.24) is 9.78 Å². The summed E-state index contributed by atoms with van der Waals surface area (Å²) in [5.74, 6) is -2.98. The smallest absolute Gasteiger partial charge is 0.388 e. The third kappa shape index (κ3) is 5.21. The molecule has 0 amide bonds. The summed E-state index contributed by atoms with van der Waals surface area (Å²) in [6, 6.07) is 1.88. The summed E-state index contributed by atoms with van der Waals surface area (Å²) in [6.45, 7) is -0.137. The van der Waals surface area contributed by atoms with Crippen LogP contribution in [0.25, 0.3) is 11.3 Å².